The zero-order chi connectivity index (χ0) is 11.5. The molecule has 2 aromatic rings. The van der Waals surface area contributed by atoms with Gasteiger partial charge in [-0.3, -0.25) is 0 Å². The highest BCUT2D eigenvalue weighted by Gasteiger charge is 2.07. The summed E-state index contributed by atoms with van der Waals surface area (Å²) in [5.74, 6) is 0.905. The van der Waals surface area contributed by atoms with Gasteiger partial charge in [-0.05, 0) is 26.0 Å². The Morgan fingerprint density at radius 1 is 1.31 bits per heavy atom. The van der Waals surface area contributed by atoms with Crippen LogP contribution in [0.15, 0.2) is 16.8 Å². The Balaban J connectivity index is 2.08. The number of aryl methyl sites for hydroxylation is 2. The third-order valence-corrected chi connectivity index (χ3v) is 2.14. The Kier molecular flexibility index (Phi) is 2.72. The molecule has 0 amide bonds. The summed E-state index contributed by atoms with van der Waals surface area (Å²) < 4.78 is 10.0. The smallest absolute Gasteiger partial charge is 0.166 e. The minimum atomic E-state index is 0.268. The van der Waals surface area contributed by atoms with E-state index >= 15 is 0 Å². The Morgan fingerprint density at radius 2 is 2.12 bits per heavy atom. The molecule has 0 saturated heterocycles. The molecule has 0 radical (unpaired) electrons. The van der Waals surface area contributed by atoms with Crippen molar-refractivity contribution in [3.8, 4) is 5.75 Å². The van der Waals surface area contributed by atoms with Gasteiger partial charge >= 0.3 is 0 Å². The maximum atomic E-state index is 5.70. The minimum Gasteiger partial charge on any atom is -0.483 e. The number of rotatable bonds is 3. The molecule has 2 aromatic heterocycles. The summed E-state index contributed by atoms with van der Waals surface area (Å²) in [7, 11) is 0. The SMILES string of the molecule is Cc1ccc(OCc2nonc2C)c(N)n1. The van der Waals surface area contributed by atoms with Crippen molar-refractivity contribution >= 4 is 5.82 Å². The molecular weight excluding hydrogens is 208 g/mol. The lowest BCUT2D eigenvalue weighted by atomic mass is 10.3. The molecule has 84 valence electrons. The van der Waals surface area contributed by atoms with Gasteiger partial charge in [-0.2, -0.15) is 0 Å². The molecule has 0 bridgehead atoms. The zero-order valence-corrected chi connectivity index (χ0v) is 9.10. The summed E-state index contributed by atoms with van der Waals surface area (Å²) in [4.78, 5) is 4.09. The van der Waals surface area contributed by atoms with Gasteiger partial charge in [0.1, 0.15) is 18.0 Å². The van der Waals surface area contributed by atoms with Crippen LogP contribution in [0.4, 0.5) is 5.82 Å². The predicted octanol–water partition coefficient (Wildman–Crippen LogP) is 1.24. The number of hydrogen-bond acceptors (Lipinski definition) is 6. The van der Waals surface area contributed by atoms with E-state index in [0.717, 1.165) is 5.69 Å². The average molecular weight is 220 g/mol. The molecule has 6 heteroatoms. The van der Waals surface area contributed by atoms with Gasteiger partial charge in [-0.25, -0.2) is 9.61 Å². The van der Waals surface area contributed by atoms with Crippen LogP contribution in [0.3, 0.4) is 0 Å². The number of pyridine rings is 1. The second-order valence-electron chi connectivity index (χ2n) is 3.42. The third kappa shape index (κ3) is 2.10. The molecule has 0 fully saturated rings. The molecule has 0 aliphatic heterocycles. The monoisotopic (exact) mass is 220 g/mol. The standard InChI is InChI=1S/C10H12N4O2/c1-6-3-4-9(10(11)12-6)15-5-8-7(2)13-16-14-8/h3-4H,5H2,1-2H3,(H2,11,12). The van der Waals surface area contributed by atoms with Crippen LogP contribution >= 0.6 is 0 Å². The summed E-state index contributed by atoms with van der Waals surface area (Å²) in [6, 6.07) is 3.61. The van der Waals surface area contributed by atoms with Gasteiger partial charge in [0.15, 0.2) is 11.6 Å². The maximum Gasteiger partial charge on any atom is 0.166 e. The van der Waals surface area contributed by atoms with Crippen molar-refractivity contribution in [3.63, 3.8) is 0 Å². The lowest BCUT2D eigenvalue weighted by molar-refractivity contribution is 0.270. The van der Waals surface area contributed by atoms with Crippen molar-refractivity contribution in [1.29, 1.82) is 0 Å². The number of nitrogens with two attached hydrogens (primary N) is 1. The van der Waals surface area contributed by atoms with Gasteiger partial charge in [0.2, 0.25) is 0 Å². The van der Waals surface area contributed by atoms with Gasteiger partial charge < -0.3 is 10.5 Å². The summed E-state index contributed by atoms with van der Waals surface area (Å²) in [6.07, 6.45) is 0. The van der Waals surface area contributed by atoms with Crippen molar-refractivity contribution < 1.29 is 9.37 Å². The van der Waals surface area contributed by atoms with Crippen LogP contribution in [0, 0.1) is 13.8 Å². The van der Waals surface area contributed by atoms with E-state index in [9.17, 15) is 0 Å². The summed E-state index contributed by atoms with van der Waals surface area (Å²) in [6.45, 7) is 3.93. The Morgan fingerprint density at radius 3 is 2.75 bits per heavy atom. The molecule has 16 heavy (non-hydrogen) atoms. The molecule has 0 spiro atoms. The average Bonchev–Trinajstić information content (AvgIpc) is 2.63. The van der Waals surface area contributed by atoms with E-state index in [2.05, 4.69) is 19.9 Å². The minimum absolute atomic E-state index is 0.268. The van der Waals surface area contributed by atoms with E-state index in [1.807, 2.05) is 13.0 Å². The predicted molar refractivity (Wildman–Crippen MR) is 56.8 cm³/mol. The number of ether oxygens (including phenoxy) is 1. The summed E-state index contributed by atoms with van der Waals surface area (Å²) in [5.41, 5.74) is 7.91. The first-order chi connectivity index (χ1) is 7.66. The topological polar surface area (TPSA) is 87.1 Å². The Hall–Kier alpha value is -2.11. The van der Waals surface area contributed by atoms with Gasteiger partial charge in [-0.1, -0.05) is 10.3 Å². The molecule has 2 heterocycles. The molecule has 6 nitrogen and oxygen atoms in total. The summed E-state index contributed by atoms with van der Waals surface area (Å²) >= 11 is 0. The van der Waals surface area contributed by atoms with Gasteiger partial charge in [0.05, 0.1) is 0 Å². The number of hydrogen-bond donors (Lipinski definition) is 1. The van der Waals surface area contributed by atoms with Crippen LogP contribution in [0.25, 0.3) is 0 Å². The first-order valence-electron chi connectivity index (χ1n) is 4.81. The van der Waals surface area contributed by atoms with Crippen molar-refractivity contribution in [2.45, 2.75) is 20.5 Å². The van der Waals surface area contributed by atoms with Crippen molar-refractivity contribution in [3.05, 3.63) is 29.2 Å². The first kappa shape index (κ1) is 10.4. The highest BCUT2D eigenvalue weighted by atomic mass is 16.6. The molecule has 0 atom stereocenters. The molecule has 0 unspecified atom stereocenters. The van der Waals surface area contributed by atoms with E-state index < -0.39 is 0 Å². The number of nitrogen functional groups attached to an aromatic ring is 1. The highest BCUT2D eigenvalue weighted by Crippen LogP contribution is 2.20. The fraction of sp³-hybridized carbons (Fsp3) is 0.300. The lowest BCUT2D eigenvalue weighted by Gasteiger charge is -2.06. The number of aromatic nitrogens is 3. The van der Waals surface area contributed by atoms with Crippen LogP contribution in [-0.4, -0.2) is 15.3 Å². The molecule has 2 N–H and O–H groups in total. The molecule has 0 saturated carbocycles. The first-order valence-corrected chi connectivity index (χ1v) is 4.81. The zero-order valence-electron chi connectivity index (χ0n) is 9.10. The normalized spacial score (nSPS) is 10.4. The van der Waals surface area contributed by atoms with Crippen molar-refractivity contribution in [2.75, 3.05) is 5.73 Å². The molecule has 0 aliphatic carbocycles. The van der Waals surface area contributed by atoms with Crippen LogP contribution in [0.5, 0.6) is 5.75 Å². The Labute approximate surface area is 92.4 Å². The number of nitrogens with zero attached hydrogens (tertiary/aromatic N) is 3. The van der Waals surface area contributed by atoms with E-state index in [0.29, 0.717) is 23.0 Å². The quantitative estimate of drug-likeness (QED) is 0.837. The summed E-state index contributed by atoms with van der Waals surface area (Å²) in [5, 5.41) is 7.36. The largest absolute Gasteiger partial charge is 0.483 e. The maximum absolute atomic E-state index is 5.70. The van der Waals surface area contributed by atoms with E-state index in [1.165, 1.54) is 0 Å². The molecule has 0 aromatic carbocycles. The second kappa shape index (κ2) is 4.18. The van der Waals surface area contributed by atoms with Crippen molar-refractivity contribution in [2.24, 2.45) is 0 Å². The second-order valence-corrected chi connectivity index (χ2v) is 3.42. The van der Waals surface area contributed by atoms with Crippen LogP contribution < -0.4 is 10.5 Å². The van der Waals surface area contributed by atoms with Gasteiger partial charge in [0, 0.05) is 5.69 Å². The van der Waals surface area contributed by atoms with Crippen LogP contribution in [-0.2, 0) is 6.61 Å². The third-order valence-electron chi connectivity index (χ3n) is 2.14. The van der Waals surface area contributed by atoms with Gasteiger partial charge in [-0.15, -0.1) is 0 Å². The fourth-order valence-corrected chi connectivity index (χ4v) is 1.21. The van der Waals surface area contributed by atoms with Crippen molar-refractivity contribution in [1.82, 2.24) is 15.3 Å². The molecule has 0 aliphatic rings. The van der Waals surface area contributed by atoms with Crippen LogP contribution in [0.1, 0.15) is 17.1 Å². The van der Waals surface area contributed by atoms with E-state index in [-0.39, 0.29) is 6.61 Å². The van der Waals surface area contributed by atoms with Gasteiger partial charge in [0.25, 0.3) is 0 Å². The van der Waals surface area contributed by atoms with E-state index in [4.69, 9.17) is 10.5 Å². The lowest BCUT2D eigenvalue weighted by Crippen LogP contribution is -2.02. The van der Waals surface area contributed by atoms with E-state index in [1.54, 1.807) is 13.0 Å². The number of anilines is 1. The molecular formula is C10H12N4O2. The fourth-order valence-electron chi connectivity index (χ4n) is 1.21. The van der Waals surface area contributed by atoms with Crippen LogP contribution in [0.2, 0.25) is 0 Å². The molecule has 2 rings (SSSR count). The Bertz CT molecular complexity index is 495. The highest BCUT2D eigenvalue weighted by molar-refractivity contribution is 5.46.